The number of carbonyl (C=O) groups is 1. The molecule has 1 aromatic carbocycles. The fourth-order valence-electron chi connectivity index (χ4n) is 1.51. The molecular weight excluding hydrogens is 202 g/mol. The molecule has 1 aliphatic rings. The van der Waals surface area contributed by atoms with Crippen LogP contribution in [0.5, 0.6) is 0 Å². The summed E-state index contributed by atoms with van der Waals surface area (Å²) < 4.78 is 0. The highest BCUT2D eigenvalue weighted by atomic mass is 16.7. The van der Waals surface area contributed by atoms with Crippen LogP contribution in [-0.4, -0.2) is 11.0 Å². The van der Waals surface area contributed by atoms with Crippen molar-refractivity contribution in [2.24, 2.45) is 5.92 Å². The molecule has 0 N–H and O–H groups in total. The van der Waals surface area contributed by atoms with E-state index in [4.69, 9.17) is 4.84 Å². The van der Waals surface area contributed by atoms with Crippen molar-refractivity contribution in [1.29, 1.82) is 0 Å². The molecule has 0 unspecified atom stereocenters. The number of hydrogen-bond acceptors (Lipinski definition) is 3. The Hall–Kier alpha value is -1.77. The van der Waals surface area contributed by atoms with Gasteiger partial charge in [0, 0.05) is 6.20 Å². The van der Waals surface area contributed by atoms with Gasteiger partial charge in [0.2, 0.25) is 0 Å². The van der Waals surface area contributed by atoms with Crippen LogP contribution in [0.4, 0.5) is 0 Å². The maximum absolute atomic E-state index is 11.4. The van der Waals surface area contributed by atoms with Gasteiger partial charge in [-0.25, -0.2) is 9.86 Å². The van der Waals surface area contributed by atoms with Gasteiger partial charge in [0.25, 0.3) is 0 Å². The number of benzene rings is 1. The van der Waals surface area contributed by atoms with Gasteiger partial charge in [-0.3, -0.25) is 0 Å². The fourth-order valence-corrected chi connectivity index (χ4v) is 1.51. The van der Waals surface area contributed by atoms with Gasteiger partial charge in [-0.15, -0.1) is 0 Å². The van der Waals surface area contributed by atoms with Gasteiger partial charge < -0.3 is 4.84 Å². The van der Waals surface area contributed by atoms with Crippen molar-refractivity contribution in [2.45, 2.75) is 20.4 Å². The molecule has 3 heteroatoms. The Morgan fingerprint density at radius 3 is 2.88 bits per heavy atom. The molecule has 84 valence electrons. The molecular formula is C13H15NO2. The largest absolute Gasteiger partial charge is 0.341 e. The second-order valence-electron chi connectivity index (χ2n) is 4.15. The summed E-state index contributed by atoms with van der Waals surface area (Å²) in [7, 11) is 0. The maximum Gasteiger partial charge on any atom is 0.334 e. The van der Waals surface area contributed by atoms with E-state index in [1.54, 1.807) is 11.3 Å². The highest BCUT2D eigenvalue weighted by molar-refractivity contribution is 5.71. The molecule has 0 bridgehead atoms. The topological polar surface area (TPSA) is 29.5 Å². The smallest absolute Gasteiger partial charge is 0.334 e. The molecule has 2 rings (SSSR count). The van der Waals surface area contributed by atoms with E-state index in [1.807, 2.05) is 44.2 Å². The predicted molar refractivity (Wildman–Crippen MR) is 61.9 cm³/mol. The Morgan fingerprint density at radius 1 is 1.38 bits per heavy atom. The molecule has 0 aromatic heterocycles. The van der Waals surface area contributed by atoms with Crippen LogP contribution in [0.1, 0.15) is 25.0 Å². The first-order valence-electron chi connectivity index (χ1n) is 5.41. The molecule has 3 nitrogen and oxygen atoms in total. The van der Waals surface area contributed by atoms with Crippen LogP contribution in [0, 0.1) is 5.92 Å². The summed E-state index contributed by atoms with van der Waals surface area (Å²) in [5.41, 5.74) is 2.35. The van der Waals surface area contributed by atoms with Crippen molar-refractivity contribution < 1.29 is 9.63 Å². The van der Waals surface area contributed by atoms with Gasteiger partial charge in [-0.05, 0) is 17.2 Å². The molecule has 0 aliphatic carbocycles. The van der Waals surface area contributed by atoms with Gasteiger partial charge in [0.05, 0.1) is 12.5 Å². The van der Waals surface area contributed by atoms with Gasteiger partial charge in [0.15, 0.2) is 0 Å². The summed E-state index contributed by atoms with van der Waals surface area (Å²) in [5.74, 6) is -0.311. The van der Waals surface area contributed by atoms with Crippen LogP contribution in [-0.2, 0) is 16.2 Å². The zero-order valence-electron chi connectivity index (χ0n) is 9.51. The zero-order valence-corrected chi connectivity index (χ0v) is 9.51. The lowest BCUT2D eigenvalue weighted by Gasteiger charge is -2.24. The minimum Gasteiger partial charge on any atom is -0.341 e. The molecule has 0 atom stereocenters. The third kappa shape index (κ3) is 2.24. The first kappa shape index (κ1) is 10.7. The molecule has 1 aromatic rings. The normalized spacial score (nSPS) is 13.8. The average molecular weight is 217 g/mol. The Labute approximate surface area is 95.3 Å². The van der Waals surface area contributed by atoms with E-state index < -0.39 is 0 Å². The lowest BCUT2D eigenvalue weighted by atomic mass is 10.1. The van der Waals surface area contributed by atoms with E-state index in [-0.39, 0.29) is 11.9 Å². The Balaban J connectivity index is 2.06. The Bertz CT molecular complexity index is 424. The number of rotatable bonds is 2. The molecule has 0 saturated heterocycles. The molecule has 1 heterocycles. The highest BCUT2D eigenvalue weighted by Gasteiger charge is 2.16. The fraction of sp³-hybridized carbons (Fsp3) is 0.308. The number of hydrogen-bond donors (Lipinski definition) is 0. The van der Waals surface area contributed by atoms with Crippen molar-refractivity contribution in [3.8, 4) is 0 Å². The number of carbonyl (C=O) groups excluding carboxylic acids is 1. The zero-order chi connectivity index (χ0) is 11.5. The summed E-state index contributed by atoms with van der Waals surface area (Å²) >= 11 is 0. The molecule has 16 heavy (non-hydrogen) atoms. The highest BCUT2D eigenvalue weighted by Crippen LogP contribution is 2.19. The molecule has 1 aliphatic heterocycles. The third-order valence-corrected chi connectivity index (χ3v) is 2.48. The lowest BCUT2D eigenvalue weighted by molar-refractivity contribution is -0.184. The first-order chi connectivity index (χ1) is 7.66. The molecule has 0 saturated carbocycles. The quantitative estimate of drug-likeness (QED) is 0.762. The second kappa shape index (κ2) is 4.39. The standard InChI is InChI=1S/C13H15NO2/c1-10(2)13(15)16-14-8-7-11-5-3-4-6-12(11)9-14/h3-8,10H,9H2,1-2H3. The van der Waals surface area contributed by atoms with E-state index in [0.29, 0.717) is 6.54 Å². The number of hydroxylamine groups is 2. The molecule has 0 fully saturated rings. The monoisotopic (exact) mass is 217 g/mol. The van der Waals surface area contributed by atoms with Gasteiger partial charge in [0.1, 0.15) is 0 Å². The van der Waals surface area contributed by atoms with E-state index in [9.17, 15) is 4.79 Å². The summed E-state index contributed by atoms with van der Waals surface area (Å²) in [6, 6.07) is 8.07. The Morgan fingerprint density at radius 2 is 2.12 bits per heavy atom. The van der Waals surface area contributed by atoms with E-state index in [2.05, 4.69) is 0 Å². The van der Waals surface area contributed by atoms with Crippen LogP contribution in [0.2, 0.25) is 0 Å². The van der Waals surface area contributed by atoms with E-state index in [1.165, 1.54) is 11.1 Å². The van der Waals surface area contributed by atoms with Crippen LogP contribution in [0.3, 0.4) is 0 Å². The van der Waals surface area contributed by atoms with Crippen molar-refractivity contribution in [3.63, 3.8) is 0 Å². The average Bonchev–Trinajstić information content (AvgIpc) is 2.28. The van der Waals surface area contributed by atoms with E-state index in [0.717, 1.165) is 0 Å². The van der Waals surface area contributed by atoms with E-state index >= 15 is 0 Å². The third-order valence-electron chi connectivity index (χ3n) is 2.48. The van der Waals surface area contributed by atoms with Gasteiger partial charge in [-0.2, -0.15) is 0 Å². The van der Waals surface area contributed by atoms with Crippen molar-refractivity contribution in [3.05, 3.63) is 41.6 Å². The Kier molecular flexibility index (Phi) is 2.95. The summed E-state index contributed by atoms with van der Waals surface area (Å²) in [5, 5.41) is 1.57. The summed E-state index contributed by atoms with van der Waals surface area (Å²) in [6.07, 6.45) is 3.75. The van der Waals surface area contributed by atoms with Crippen LogP contribution < -0.4 is 0 Å². The maximum atomic E-state index is 11.4. The molecule has 0 spiro atoms. The van der Waals surface area contributed by atoms with Crippen molar-refractivity contribution in [2.75, 3.05) is 0 Å². The van der Waals surface area contributed by atoms with Gasteiger partial charge in [-0.1, -0.05) is 38.1 Å². The van der Waals surface area contributed by atoms with Crippen molar-refractivity contribution in [1.82, 2.24) is 5.06 Å². The molecule has 0 amide bonds. The minimum atomic E-state index is -0.205. The minimum absolute atomic E-state index is 0.106. The van der Waals surface area contributed by atoms with Gasteiger partial charge >= 0.3 is 5.97 Å². The van der Waals surface area contributed by atoms with Crippen LogP contribution in [0.25, 0.3) is 6.08 Å². The van der Waals surface area contributed by atoms with Crippen LogP contribution in [0.15, 0.2) is 30.5 Å². The second-order valence-corrected chi connectivity index (χ2v) is 4.15. The SMILES string of the molecule is CC(C)C(=O)ON1C=Cc2ccccc2C1. The number of fused-ring (bicyclic) bond motifs is 1. The summed E-state index contributed by atoms with van der Waals surface area (Å²) in [6.45, 7) is 4.26. The molecule has 0 radical (unpaired) electrons. The first-order valence-corrected chi connectivity index (χ1v) is 5.41. The lowest BCUT2D eigenvalue weighted by Crippen LogP contribution is -2.26. The summed E-state index contributed by atoms with van der Waals surface area (Å²) in [4.78, 5) is 16.6. The van der Waals surface area contributed by atoms with Crippen LogP contribution >= 0.6 is 0 Å². The number of nitrogens with zero attached hydrogens (tertiary/aromatic N) is 1. The van der Waals surface area contributed by atoms with Crippen molar-refractivity contribution >= 4 is 12.0 Å². The predicted octanol–water partition coefficient (Wildman–Crippen LogP) is 2.59.